The first-order valence-corrected chi connectivity index (χ1v) is 17.0. The molecule has 0 bridgehead atoms. The molecule has 1 aliphatic rings. The van der Waals surface area contributed by atoms with E-state index < -0.39 is 6.17 Å². The van der Waals surface area contributed by atoms with E-state index in [4.69, 9.17) is 23.2 Å². The van der Waals surface area contributed by atoms with Crippen LogP contribution in [0.3, 0.4) is 0 Å². The predicted octanol–water partition coefficient (Wildman–Crippen LogP) is 11.5. The van der Waals surface area contributed by atoms with Gasteiger partial charge in [-0.2, -0.15) is 0 Å². The third-order valence-electron chi connectivity index (χ3n) is 9.96. The lowest BCUT2D eigenvalue weighted by Crippen LogP contribution is -2.36. The summed E-state index contributed by atoms with van der Waals surface area (Å²) in [4.78, 5) is 10.3. The molecule has 6 nitrogen and oxygen atoms in total. The SMILES string of the molecule is c1ccc(C2=NC(c3ccc4c(c3)oc3cccc(-c5cccc6c5oc5ccccc56)c34)N=C(c3cccc4c3oc3ccccc34)N2)cc1. The van der Waals surface area contributed by atoms with E-state index in [-0.39, 0.29) is 0 Å². The Labute approximate surface area is 291 Å². The average Bonchev–Trinajstić information content (AvgIpc) is 3.89. The maximum absolute atomic E-state index is 6.57. The van der Waals surface area contributed by atoms with E-state index >= 15 is 0 Å². The zero-order valence-electron chi connectivity index (χ0n) is 27.1. The van der Waals surface area contributed by atoms with E-state index in [1.807, 2.05) is 72.8 Å². The number of aliphatic imine (C=N–C) groups is 2. The van der Waals surface area contributed by atoms with Gasteiger partial charge in [-0.15, -0.1) is 0 Å². The fourth-order valence-electron chi connectivity index (χ4n) is 7.60. The number of fused-ring (bicyclic) bond motifs is 9. The molecule has 6 heteroatoms. The number of benzene rings is 7. The Morgan fingerprint density at radius 3 is 1.76 bits per heavy atom. The van der Waals surface area contributed by atoms with Crippen LogP contribution in [0.5, 0.6) is 0 Å². The highest BCUT2D eigenvalue weighted by Gasteiger charge is 2.25. The molecule has 0 saturated carbocycles. The topological polar surface area (TPSA) is 76.2 Å². The van der Waals surface area contributed by atoms with Crippen LogP contribution in [0.2, 0.25) is 0 Å². The maximum atomic E-state index is 6.57. The Balaban J connectivity index is 1.07. The Hall–Kier alpha value is -6.92. The van der Waals surface area contributed by atoms with Gasteiger partial charge in [-0.3, -0.25) is 0 Å². The van der Waals surface area contributed by atoms with Crippen LogP contribution in [0.15, 0.2) is 175 Å². The predicted molar refractivity (Wildman–Crippen MR) is 206 cm³/mol. The zero-order valence-corrected chi connectivity index (χ0v) is 27.1. The molecule has 240 valence electrons. The minimum absolute atomic E-state index is 0.516. The first-order chi connectivity index (χ1) is 25.3. The standard InChI is InChI=1S/C45H27N3O3/c1-2-11-26(12-3-1)43-46-44(48-45(47-43)35-19-9-17-32-29-14-5-7-21-37(29)51-42(32)35)27-23-24-34-39(25-27)49-38-22-10-15-30(40(34)38)33-18-8-16-31-28-13-4-6-20-36(28)50-41(31)33/h1-25,44H,(H,46,47,48). The van der Waals surface area contributed by atoms with Crippen molar-refractivity contribution in [3.05, 3.63) is 168 Å². The summed E-state index contributed by atoms with van der Waals surface area (Å²) in [5.74, 6) is 1.44. The number of hydrogen-bond donors (Lipinski definition) is 1. The largest absolute Gasteiger partial charge is 0.456 e. The summed E-state index contributed by atoms with van der Waals surface area (Å²) in [6.07, 6.45) is -0.516. The lowest BCUT2D eigenvalue weighted by molar-refractivity contribution is 0.664. The normalized spacial score (nSPS) is 14.9. The molecule has 0 amide bonds. The molecule has 0 aliphatic carbocycles. The number of furan rings is 3. The van der Waals surface area contributed by atoms with Gasteiger partial charge < -0.3 is 18.6 Å². The van der Waals surface area contributed by atoms with Crippen molar-refractivity contribution in [2.24, 2.45) is 9.98 Å². The molecule has 1 aliphatic heterocycles. The van der Waals surface area contributed by atoms with E-state index in [0.29, 0.717) is 5.84 Å². The number of nitrogens with zero attached hydrogens (tertiary/aromatic N) is 2. The fourth-order valence-corrected chi connectivity index (χ4v) is 7.60. The molecule has 0 radical (unpaired) electrons. The van der Waals surface area contributed by atoms with Gasteiger partial charge in [0, 0.05) is 49.0 Å². The summed E-state index contributed by atoms with van der Waals surface area (Å²) in [6.45, 7) is 0. The highest BCUT2D eigenvalue weighted by molar-refractivity contribution is 6.21. The van der Waals surface area contributed by atoms with Crippen LogP contribution in [-0.4, -0.2) is 11.7 Å². The maximum Gasteiger partial charge on any atom is 0.169 e. The average molecular weight is 658 g/mol. The van der Waals surface area contributed by atoms with Crippen LogP contribution in [0.25, 0.3) is 76.9 Å². The highest BCUT2D eigenvalue weighted by Crippen LogP contribution is 2.42. The summed E-state index contributed by atoms with van der Waals surface area (Å²) in [5.41, 5.74) is 9.84. The molecule has 0 saturated heterocycles. The second-order valence-corrected chi connectivity index (χ2v) is 12.9. The van der Waals surface area contributed by atoms with Crippen molar-refractivity contribution >= 4 is 77.5 Å². The van der Waals surface area contributed by atoms with Crippen molar-refractivity contribution in [3.8, 4) is 11.1 Å². The first kappa shape index (κ1) is 28.0. The molecule has 7 aromatic carbocycles. The second kappa shape index (κ2) is 10.8. The van der Waals surface area contributed by atoms with Crippen LogP contribution < -0.4 is 5.32 Å². The van der Waals surface area contributed by atoms with Gasteiger partial charge in [0.05, 0.1) is 5.56 Å². The lowest BCUT2D eigenvalue weighted by atomic mass is 9.97. The quantitative estimate of drug-likeness (QED) is 0.204. The molecule has 11 rings (SSSR count). The number of para-hydroxylation sites is 4. The van der Waals surface area contributed by atoms with Gasteiger partial charge in [0.2, 0.25) is 0 Å². The summed E-state index contributed by atoms with van der Waals surface area (Å²) in [5, 5.41) is 9.94. The molecule has 10 aromatic rings. The number of nitrogens with one attached hydrogen (secondary N) is 1. The highest BCUT2D eigenvalue weighted by atomic mass is 16.3. The number of rotatable bonds is 4. The molecule has 1 N–H and O–H groups in total. The molecule has 3 aromatic heterocycles. The van der Waals surface area contributed by atoms with Crippen molar-refractivity contribution in [1.82, 2.24) is 5.32 Å². The van der Waals surface area contributed by atoms with Gasteiger partial charge in [-0.1, -0.05) is 121 Å². The van der Waals surface area contributed by atoms with E-state index in [9.17, 15) is 0 Å². The van der Waals surface area contributed by atoms with Gasteiger partial charge in [0.15, 0.2) is 6.17 Å². The minimum Gasteiger partial charge on any atom is -0.456 e. The van der Waals surface area contributed by atoms with Gasteiger partial charge in [0.25, 0.3) is 0 Å². The Morgan fingerprint density at radius 1 is 0.412 bits per heavy atom. The van der Waals surface area contributed by atoms with E-state index in [2.05, 4.69) is 84.2 Å². The van der Waals surface area contributed by atoms with Crippen LogP contribution >= 0.6 is 0 Å². The van der Waals surface area contributed by atoms with Gasteiger partial charge in [0.1, 0.15) is 45.2 Å². The van der Waals surface area contributed by atoms with Crippen LogP contribution in [0, 0.1) is 0 Å². The Kier molecular flexibility index (Phi) is 5.92. The van der Waals surface area contributed by atoms with E-state index in [0.717, 1.165) is 99.5 Å². The van der Waals surface area contributed by atoms with Crippen molar-refractivity contribution in [2.75, 3.05) is 0 Å². The van der Waals surface area contributed by atoms with Crippen molar-refractivity contribution in [1.29, 1.82) is 0 Å². The number of amidine groups is 2. The molecular weight excluding hydrogens is 631 g/mol. The van der Waals surface area contributed by atoms with Crippen LogP contribution in [-0.2, 0) is 0 Å². The molecule has 1 unspecified atom stereocenters. The summed E-state index contributed by atoms with van der Waals surface area (Å²) < 4.78 is 19.4. The third kappa shape index (κ3) is 4.30. The molecule has 0 spiro atoms. The van der Waals surface area contributed by atoms with Gasteiger partial charge in [-0.05, 0) is 35.9 Å². The molecule has 0 fully saturated rings. The number of hydrogen-bond acceptors (Lipinski definition) is 6. The lowest BCUT2D eigenvalue weighted by Gasteiger charge is -2.22. The molecule has 51 heavy (non-hydrogen) atoms. The van der Waals surface area contributed by atoms with Crippen molar-refractivity contribution in [2.45, 2.75) is 6.17 Å². The molecule has 4 heterocycles. The summed E-state index contributed by atoms with van der Waals surface area (Å²) in [7, 11) is 0. The minimum atomic E-state index is -0.516. The monoisotopic (exact) mass is 657 g/mol. The summed E-state index contributed by atoms with van der Waals surface area (Å²) >= 11 is 0. The van der Waals surface area contributed by atoms with Gasteiger partial charge in [-0.25, -0.2) is 9.98 Å². The van der Waals surface area contributed by atoms with Crippen molar-refractivity contribution < 1.29 is 13.3 Å². The smallest absolute Gasteiger partial charge is 0.169 e. The Bertz CT molecular complexity index is 3070. The van der Waals surface area contributed by atoms with Crippen LogP contribution in [0.4, 0.5) is 0 Å². The van der Waals surface area contributed by atoms with Crippen molar-refractivity contribution in [3.63, 3.8) is 0 Å². The van der Waals surface area contributed by atoms with Gasteiger partial charge >= 0.3 is 0 Å². The van der Waals surface area contributed by atoms with E-state index in [1.165, 1.54) is 0 Å². The first-order valence-electron chi connectivity index (χ1n) is 17.0. The van der Waals surface area contributed by atoms with Crippen LogP contribution in [0.1, 0.15) is 22.9 Å². The fraction of sp³-hybridized carbons (Fsp3) is 0.0222. The second-order valence-electron chi connectivity index (χ2n) is 12.9. The third-order valence-corrected chi connectivity index (χ3v) is 9.96. The Morgan fingerprint density at radius 2 is 1.00 bits per heavy atom. The molecular formula is C45H27N3O3. The summed E-state index contributed by atoms with van der Waals surface area (Å²) in [6, 6.07) is 51.5. The zero-order chi connectivity index (χ0) is 33.5. The van der Waals surface area contributed by atoms with E-state index in [1.54, 1.807) is 0 Å². The molecule has 1 atom stereocenters.